The predicted octanol–water partition coefficient (Wildman–Crippen LogP) is -0.835. The molecular weight excluding hydrogens is 289 g/mol. The number of halogens is 2. The van der Waals surface area contributed by atoms with Crippen LogP contribution in [0.4, 0.5) is 0 Å². The molecule has 0 aliphatic carbocycles. The molecule has 0 atom stereocenters. The van der Waals surface area contributed by atoms with E-state index in [4.69, 9.17) is 0 Å². The number of rotatable bonds is 1. The van der Waals surface area contributed by atoms with E-state index in [1.165, 1.54) is 6.42 Å². The van der Waals surface area contributed by atoms with Crippen LogP contribution in [0.5, 0.6) is 0 Å². The Hall–Kier alpha value is 0.604. The number of nitrogens with two attached hydrogens (primary N) is 1. The molecule has 1 rings (SSSR count). The molecule has 0 saturated carbocycles. The van der Waals surface area contributed by atoms with Gasteiger partial charge in [0.1, 0.15) is 0 Å². The third kappa shape index (κ3) is 19.1. The van der Waals surface area contributed by atoms with Crippen molar-refractivity contribution in [1.29, 1.82) is 0 Å². The Balaban J connectivity index is -0.0000000478. The van der Waals surface area contributed by atoms with Gasteiger partial charge in [-0.3, -0.25) is 0 Å². The van der Waals surface area contributed by atoms with E-state index in [1.54, 1.807) is 5.92 Å². The molecule has 0 aromatic heterocycles. The second-order valence-corrected chi connectivity index (χ2v) is 4.35. The van der Waals surface area contributed by atoms with Crippen molar-refractivity contribution in [2.45, 2.75) is 41.0 Å². The summed E-state index contributed by atoms with van der Waals surface area (Å²) in [4.78, 5) is 0. The molecule has 0 amide bonds. The normalized spacial score (nSPS) is 8.35. The molecule has 102 valence electrons. The molecule has 17 heavy (non-hydrogen) atoms. The van der Waals surface area contributed by atoms with Crippen LogP contribution in [0.15, 0.2) is 30.3 Å². The van der Waals surface area contributed by atoms with Crippen molar-refractivity contribution >= 4 is 0 Å². The molecular formula is C13H24Cl2NTi-3. The van der Waals surface area contributed by atoms with Gasteiger partial charge >= 0.3 is 21.7 Å². The van der Waals surface area contributed by atoms with E-state index in [0.29, 0.717) is 5.41 Å². The zero-order chi connectivity index (χ0) is 10.3. The predicted molar refractivity (Wildman–Crippen MR) is 66.0 cm³/mol. The van der Waals surface area contributed by atoms with Crippen LogP contribution < -0.4 is 24.8 Å². The van der Waals surface area contributed by atoms with Crippen LogP contribution in [0, 0.1) is 11.3 Å². The summed E-state index contributed by atoms with van der Waals surface area (Å²) in [6.07, 6.45) is 1.21. The van der Waals surface area contributed by atoms with Crippen LogP contribution in [-0.4, -0.2) is 0 Å². The van der Waals surface area contributed by atoms with E-state index in [0.717, 1.165) is 0 Å². The molecule has 0 aliphatic rings. The summed E-state index contributed by atoms with van der Waals surface area (Å²) in [7, 11) is 0. The average molecular weight is 313 g/mol. The largest absolute Gasteiger partial charge is 2.00 e. The number of hydrogen-bond donors (Lipinski definition) is 0. The van der Waals surface area contributed by atoms with Crippen molar-refractivity contribution in [1.82, 2.24) is 0 Å². The van der Waals surface area contributed by atoms with Crippen LogP contribution in [0.1, 0.15) is 41.0 Å². The van der Waals surface area contributed by atoms with Crippen molar-refractivity contribution in [3.05, 3.63) is 42.4 Å². The van der Waals surface area contributed by atoms with Gasteiger partial charge in [0, 0.05) is 0 Å². The summed E-state index contributed by atoms with van der Waals surface area (Å²) in [5, 5.41) is 0. The third-order valence-electron chi connectivity index (χ3n) is 2.37. The zero-order valence-electron chi connectivity index (χ0n) is 11.4. The fourth-order valence-electron chi connectivity index (χ4n) is 0.851. The second-order valence-electron chi connectivity index (χ2n) is 4.35. The number of hydrogen-bond acceptors (Lipinski definition) is 0. The van der Waals surface area contributed by atoms with Gasteiger partial charge in [-0.25, -0.2) is 12.1 Å². The molecule has 2 N–H and O–H groups in total. The minimum Gasteiger partial charge on any atom is -1.00 e. The maximum absolute atomic E-state index is 2.26. The van der Waals surface area contributed by atoms with Crippen LogP contribution in [0.25, 0.3) is 6.15 Å². The van der Waals surface area contributed by atoms with Crippen LogP contribution in [-0.2, 0) is 21.7 Å². The maximum atomic E-state index is 2.26. The van der Waals surface area contributed by atoms with E-state index in [9.17, 15) is 0 Å². The Morgan fingerprint density at radius 3 is 1.47 bits per heavy atom. The molecule has 1 nitrogen and oxygen atoms in total. The van der Waals surface area contributed by atoms with Gasteiger partial charge in [0.25, 0.3) is 0 Å². The summed E-state index contributed by atoms with van der Waals surface area (Å²) < 4.78 is 0. The summed E-state index contributed by atoms with van der Waals surface area (Å²) in [6, 6.07) is 10.0. The van der Waals surface area contributed by atoms with Gasteiger partial charge in [-0.05, 0) is 0 Å². The summed E-state index contributed by atoms with van der Waals surface area (Å²) >= 11 is 0. The Morgan fingerprint density at radius 1 is 1.06 bits per heavy atom. The molecule has 0 bridgehead atoms. The van der Waals surface area contributed by atoms with Crippen LogP contribution in [0.2, 0.25) is 0 Å². The van der Waals surface area contributed by atoms with Gasteiger partial charge in [0.2, 0.25) is 0 Å². The van der Waals surface area contributed by atoms with Crippen LogP contribution >= 0.6 is 0 Å². The second kappa shape index (κ2) is 16.6. The van der Waals surface area contributed by atoms with E-state index in [2.05, 4.69) is 34.6 Å². The molecule has 4 heteroatoms. The Morgan fingerprint density at radius 2 is 1.41 bits per heavy atom. The molecule has 1 aromatic carbocycles. The standard InChI is InChI=1S/C8H17.C5H5.2ClH.H2N.Ti/c1-6-7(2)8(3,4)5;1-2-4-5-3-1;;;;/h6H2,1-5H3;1-5H;2*1H;1H2;/q2*-1;;;-1;+2/p-2. The van der Waals surface area contributed by atoms with Crippen LogP contribution in [0.3, 0.4) is 0 Å². The molecule has 1 aromatic rings. The first-order chi connectivity index (χ1) is 5.98. The first-order valence-electron chi connectivity index (χ1n) is 4.98. The van der Waals surface area contributed by atoms with Gasteiger partial charge in [0.05, 0.1) is 0 Å². The summed E-state index contributed by atoms with van der Waals surface area (Å²) in [5.41, 5.74) is 0.425. The minimum atomic E-state index is 0. The Bertz CT molecular complexity index is 178. The minimum absolute atomic E-state index is 0. The van der Waals surface area contributed by atoms with E-state index >= 15 is 0 Å². The maximum Gasteiger partial charge on any atom is 2.00 e. The molecule has 0 saturated heterocycles. The first-order valence-corrected chi connectivity index (χ1v) is 4.98. The van der Waals surface area contributed by atoms with Crippen molar-refractivity contribution in [3.63, 3.8) is 0 Å². The molecule has 0 heterocycles. The van der Waals surface area contributed by atoms with Gasteiger partial charge in [-0.2, -0.15) is 37.0 Å². The zero-order valence-corrected chi connectivity index (χ0v) is 14.5. The smallest absolute Gasteiger partial charge is 1.00 e. The first kappa shape index (κ1) is 30.6. The fraction of sp³-hybridized carbons (Fsp3) is 0.538. The summed E-state index contributed by atoms with van der Waals surface area (Å²) in [5.74, 6) is 1.58. The molecule has 0 spiro atoms. The van der Waals surface area contributed by atoms with Crippen molar-refractivity contribution in [2.75, 3.05) is 0 Å². The topological polar surface area (TPSA) is 33.5 Å². The van der Waals surface area contributed by atoms with Crippen molar-refractivity contribution < 1.29 is 46.5 Å². The summed E-state index contributed by atoms with van der Waals surface area (Å²) in [6.45, 7) is 11.2. The van der Waals surface area contributed by atoms with Crippen molar-refractivity contribution in [3.8, 4) is 0 Å². The molecule has 0 aliphatic heterocycles. The van der Waals surface area contributed by atoms with Gasteiger partial charge < -0.3 is 36.9 Å². The fourth-order valence-corrected chi connectivity index (χ4v) is 0.851. The van der Waals surface area contributed by atoms with Gasteiger partial charge in [-0.15, -0.1) is 0 Å². The van der Waals surface area contributed by atoms with Gasteiger partial charge in [0.15, 0.2) is 0 Å². The monoisotopic (exact) mass is 312 g/mol. The SMILES string of the molecule is CC[C-](C)C(C)(C)C.[Cl-].[Cl-].[NH2-].[Ti+2].c1cc[cH-]c1. The Labute approximate surface area is 135 Å². The average Bonchev–Trinajstić information content (AvgIpc) is 2.58. The molecule has 0 radical (unpaired) electrons. The van der Waals surface area contributed by atoms with Gasteiger partial charge in [-0.1, -0.05) is 27.7 Å². The van der Waals surface area contributed by atoms with E-state index < -0.39 is 0 Å². The molecule has 0 fully saturated rings. The Kier molecular flexibility index (Phi) is 29.8. The quantitative estimate of drug-likeness (QED) is 0.479. The molecule has 0 unspecified atom stereocenters. The van der Waals surface area contributed by atoms with E-state index in [1.807, 2.05) is 30.3 Å². The van der Waals surface area contributed by atoms with Crippen molar-refractivity contribution in [2.24, 2.45) is 5.41 Å². The third-order valence-corrected chi connectivity index (χ3v) is 2.37. The van der Waals surface area contributed by atoms with E-state index in [-0.39, 0.29) is 52.7 Å².